The molecule has 5 heteroatoms. The van der Waals surface area contributed by atoms with Gasteiger partial charge in [-0.25, -0.2) is 4.79 Å². The Hall–Kier alpha value is -1.33. The fourth-order valence-corrected chi connectivity index (χ4v) is 2.74. The minimum atomic E-state index is -0.489. The second-order valence-corrected chi connectivity index (χ2v) is 10.9. The topological polar surface area (TPSA) is 38.8 Å². The molecule has 0 atom stereocenters. The molecule has 140 valence electrons. The van der Waals surface area contributed by atoms with E-state index in [2.05, 4.69) is 46.8 Å². The van der Waals surface area contributed by atoms with Crippen molar-refractivity contribution in [3.05, 3.63) is 35.4 Å². The molecule has 0 saturated carbocycles. The van der Waals surface area contributed by atoms with Crippen molar-refractivity contribution in [2.24, 2.45) is 0 Å². The molecule has 0 bridgehead atoms. The van der Waals surface area contributed by atoms with Gasteiger partial charge in [0.25, 0.3) is 0 Å². The first-order valence-corrected chi connectivity index (χ1v) is 9.59. The second-order valence-electron chi connectivity index (χ2n) is 9.00. The largest absolute Gasteiger partial charge is 0.444 e. The van der Waals surface area contributed by atoms with Crippen LogP contribution in [0.1, 0.15) is 66.5 Å². The monoisotopic (exact) mass is 363 g/mol. The van der Waals surface area contributed by atoms with Gasteiger partial charge in [0, 0.05) is 13.6 Å². The van der Waals surface area contributed by atoms with E-state index in [0.29, 0.717) is 16.3 Å². The summed E-state index contributed by atoms with van der Waals surface area (Å²) in [5.41, 5.74) is 1.31. The van der Waals surface area contributed by atoms with Crippen molar-refractivity contribution in [3.8, 4) is 0 Å². The van der Waals surface area contributed by atoms with Gasteiger partial charge in [0.05, 0.1) is 5.60 Å². The van der Waals surface area contributed by atoms with E-state index in [1.807, 2.05) is 32.9 Å². The average Bonchev–Trinajstić information content (AvgIpc) is 2.43. The van der Waals surface area contributed by atoms with Crippen molar-refractivity contribution in [3.63, 3.8) is 0 Å². The van der Waals surface area contributed by atoms with E-state index in [4.69, 9.17) is 9.16 Å². The normalized spacial score (nSPS) is 12.8. The minimum absolute atomic E-state index is 0.145. The maximum Gasteiger partial charge on any atom is 0.410 e. The molecule has 0 saturated heterocycles. The van der Waals surface area contributed by atoms with Crippen molar-refractivity contribution in [1.82, 2.24) is 4.90 Å². The summed E-state index contributed by atoms with van der Waals surface area (Å²) in [6, 6.07) is 8.21. The molecule has 0 aliphatic carbocycles. The zero-order valence-electron chi connectivity index (χ0n) is 17.2. The molecular formula is C20H33NO3Si. The number of nitrogens with zero attached hydrogens (tertiary/aromatic N) is 1. The highest BCUT2D eigenvalue weighted by Gasteiger charge is 2.26. The molecule has 4 nitrogen and oxygen atoms in total. The van der Waals surface area contributed by atoms with Crippen LogP contribution in [-0.2, 0) is 21.3 Å². The molecule has 0 fully saturated rings. The molecule has 2 radical (unpaired) electrons. The van der Waals surface area contributed by atoms with E-state index < -0.39 is 5.60 Å². The lowest BCUT2D eigenvalue weighted by atomic mass is 9.96. The number of benzene rings is 1. The van der Waals surface area contributed by atoms with Crippen LogP contribution in [0, 0.1) is 0 Å². The summed E-state index contributed by atoms with van der Waals surface area (Å²) in [5.74, 6) is 0. The third kappa shape index (κ3) is 8.06. The van der Waals surface area contributed by atoms with Gasteiger partial charge in [0.1, 0.15) is 5.60 Å². The number of hydrogen-bond acceptors (Lipinski definition) is 3. The Morgan fingerprint density at radius 3 is 2.20 bits per heavy atom. The zero-order valence-corrected chi connectivity index (χ0v) is 18.2. The summed E-state index contributed by atoms with van der Waals surface area (Å²) in [6.07, 6.45) is -0.317. The van der Waals surface area contributed by atoms with Crippen LogP contribution < -0.4 is 0 Å². The van der Waals surface area contributed by atoms with E-state index in [0.717, 1.165) is 11.1 Å². The van der Waals surface area contributed by atoms with Gasteiger partial charge in [-0.05, 0) is 50.8 Å². The Bertz CT molecular complexity index is 585. The molecule has 0 spiro atoms. The lowest BCUT2D eigenvalue weighted by molar-refractivity contribution is 0.0285. The van der Waals surface area contributed by atoms with Crippen LogP contribution in [0.25, 0.3) is 0 Å². The average molecular weight is 364 g/mol. The highest BCUT2D eigenvalue weighted by molar-refractivity contribution is 6.31. The van der Waals surface area contributed by atoms with Crippen LogP contribution in [0.4, 0.5) is 4.79 Å². The van der Waals surface area contributed by atoms with Gasteiger partial charge in [-0.15, -0.1) is 0 Å². The molecule has 0 N–H and O–H groups in total. The lowest BCUT2D eigenvalue weighted by Crippen LogP contribution is -2.34. The molecule has 1 aromatic rings. The SMILES string of the molecule is CN(Cc1cccc(C(C)(C)O[Si]C(C)(C)C)c1)C(=O)OC(C)(C)C. The minimum Gasteiger partial charge on any atom is -0.444 e. The summed E-state index contributed by atoms with van der Waals surface area (Å²) >= 11 is 0. The Morgan fingerprint density at radius 1 is 1.08 bits per heavy atom. The fraction of sp³-hybridized carbons (Fsp3) is 0.650. The molecule has 0 unspecified atom stereocenters. The first-order chi connectivity index (χ1) is 11.2. The number of hydrogen-bond donors (Lipinski definition) is 0. The predicted octanol–water partition coefficient (Wildman–Crippen LogP) is 5.14. The van der Waals surface area contributed by atoms with Gasteiger partial charge in [-0.1, -0.05) is 45.0 Å². The van der Waals surface area contributed by atoms with Crippen LogP contribution in [0.15, 0.2) is 24.3 Å². The number of ether oxygens (including phenoxy) is 1. The standard InChI is InChI=1S/C20H33NO3Si/c1-18(2,3)23-17(22)21(9)14-15-11-10-12-16(13-15)20(7,8)24-25-19(4,5)6/h10-13H,14H2,1-9H3. The third-order valence-electron chi connectivity index (χ3n) is 3.36. The van der Waals surface area contributed by atoms with Crippen LogP contribution >= 0.6 is 0 Å². The summed E-state index contributed by atoms with van der Waals surface area (Å²) < 4.78 is 11.6. The van der Waals surface area contributed by atoms with E-state index in [1.165, 1.54) is 0 Å². The highest BCUT2D eigenvalue weighted by Crippen LogP contribution is 2.30. The predicted molar refractivity (Wildman–Crippen MR) is 104 cm³/mol. The van der Waals surface area contributed by atoms with Crippen LogP contribution in [0.2, 0.25) is 5.04 Å². The number of amides is 1. The number of carbonyl (C=O) groups excluding carboxylic acids is 1. The zero-order chi connectivity index (χ0) is 19.5. The molecule has 0 heterocycles. The number of rotatable bonds is 5. The molecule has 1 rings (SSSR count). The molecular weight excluding hydrogens is 330 g/mol. The molecule has 1 aromatic carbocycles. The second kappa shape index (κ2) is 7.91. The molecule has 0 aromatic heterocycles. The van der Waals surface area contributed by atoms with Gasteiger partial charge in [0.2, 0.25) is 9.76 Å². The fourth-order valence-electron chi connectivity index (χ4n) is 2.06. The molecule has 1 amide bonds. The van der Waals surface area contributed by atoms with Gasteiger partial charge in [-0.2, -0.15) is 0 Å². The van der Waals surface area contributed by atoms with Gasteiger partial charge < -0.3 is 14.1 Å². The Morgan fingerprint density at radius 2 is 1.68 bits per heavy atom. The van der Waals surface area contributed by atoms with Crippen molar-refractivity contribution < 1.29 is 14.0 Å². The van der Waals surface area contributed by atoms with E-state index >= 15 is 0 Å². The molecule has 25 heavy (non-hydrogen) atoms. The first kappa shape index (κ1) is 21.7. The molecule has 0 aliphatic heterocycles. The maximum absolute atomic E-state index is 12.1. The van der Waals surface area contributed by atoms with E-state index in [-0.39, 0.29) is 16.7 Å². The first-order valence-electron chi connectivity index (χ1n) is 8.68. The van der Waals surface area contributed by atoms with Gasteiger partial charge in [-0.3, -0.25) is 0 Å². The molecule has 0 aliphatic rings. The lowest BCUT2D eigenvalue weighted by Gasteiger charge is -2.30. The smallest absolute Gasteiger partial charge is 0.410 e. The van der Waals surface area contributed by atoms with Gasteiger partial charge in [0.15, 0.2) is 0 Å². The van der Waals surface area contributed by atoms with Crippen LogP contribution in [-0.4, -0.2) is 33.4 Å². The third-order valence-corrected chi connectivity index (χ3v) is 4.58. The quantitative estimate of drug-likeness (QED) is 0.680. The summed E-state index contributed by atoms with van der Waals surface area (Å²) in [5, 5.41) is 0.145. The van der Waals surface area contributed by atoms with Crippen molar-refractivity contribution >= 4 is 15.9 Å². The van der Waals surface area contributed by atoms with E-state index in [9.17, 15) is 4.79 Å². The highest BCUT2D eigenvalue weighted by atomic mass is 28.2. The van der Waals surface area contributed by atoms with Crippen LogP contribution in [0.3, 0.4) is 0 Å². The summed E-state index contributed by atoms with van der Waals surface area (Å²) in [6.45, 7) is 16.8. The van der Waals surface area contributed by atoms with Gasteiger partial charge >= 0.3 is 6.09 Å². The van der Waals surface area contributed by atoms with Crippen molar-refractivity contribution in [2.75, 3.05) is 7.05 Å². The summed E-state index contributed by atoms with van der Waals surface area (Å²) in [4.78, 5) is 13.7. The van der Waals surface area contributed by atoms with Crippen molar-refractivity contribution in [1.29, 1.82) is 0 Å². The number of carbonyl (C=O) groups is 1. The Labute approximate surface area is 155 Å². The van der Waals surface area contributed by atoms with E-state index in [1.54, 1.807) is 11.9 Å². The summed E-state index contributed by atoms with van der Waals surface area (Å²) in [7, 11) is 2.17. The van der Waals surface area contributed by atoms with Crippen LogP contribution in [0.5, 0.6) is 0 Å². The Kier molecular flexibility index (Phi) is 6.87. The Balaban J connectivity index is 2.82. The maximum atomic E-state index is 12.1. The van der Waals surface area contributed by atoms with Crippen molar-refractivity contribution in [2.45, 2.75) is 78.2 Å².